The molecule has 0 aliphatic heterocycles. The van der Waals surface area contributed by atoms with Crippen molar-refractivity contribution in [1.82, 2.24) is 0 Å². The van der Waals surface area contributed by atoms with Gasteiger partial charge in [-0.1, -0.05) is 39.8 Å². The monoisotopic (exact) mass is 1100 g/mol. The predicted molar refractivity (Wildman–Crippen MR) is 286 cm³/mol. The second-order valence-electron chi connectivity index (χ2n) is 17.6. The fraction of sp³-hybridized carbons (Fsp3) is 0.891. The van der Waals surface area contributed by atoms with Crippen LogP contribution < -0.4 is 4.74 Å². The van der Waals surface area contributed by atoms with E-state index in [9.17, 15) is 0 Å². The van der Waals surface area contributed by atoms with Crippen molar-refractivity contribution < 1.29 is 99.8 Å². The van der Waals surface area contributed by atoms with Crippen LogP contribution in [0.1, 0.15) is 52.0 Å². The lowest BCUT2D eigenvalue weighted by Gasteiger charge is -2.19. The van der Waals surface area contributed by atoms with Crippen molar-refractivity contribution in [3.8, 4) is 5.75 Å². The van der Waals surface area contributed by atoms with Crippen molar-refractivity contribution in [2.45, 2.75) is 46.5 Å². The second kappa shape index (κ2) is 60.9. The molecular formula is C55H104O21. The maximum Gasteiger partial charge on any atom is 0.119 e. The summed E-state index contributed by atoms with van der Waals surface area (Å²) in [6.45, 7) is 28.4. The Labute approximate surface area is 456 Å². The number of aliphatic hydroxyl groups excluding tert-OH is 1. The lowest BCUT2D eigenvalue weighted by atomic mass is 9.87. The van der Waals surface area contributed by atoms with E-state index in [2.05, 4.69) is 52.0 Å². The third-order valence-electron chi connectivity index (χ3n) is 10.5. The Hall–Kier alpha value is -1.78. The molecule has 21 nitrogen and oxygen atoms in total. The van der Waals surface area contributed by atoms with E-state index in [1.54, 1.807) is 0 Å². The molecule has 2 atom stereocenters. The molecule has 0 amide bonds. The standard InChI is InChI=1S/C55H104O21/c1-51(2)49-52(3)50-53(4)54-5-7-55(8-6-54)76-48-47-75-46-45-74-44-43-73-42-41-72-40-39-71-38-37-70-36-35-69-34-33-68-32-31-67-30-29-66-28-27-65-26-25-64-24-23-63-22-21-62-20-19-61-18-17-60-16-15-59-14-13-58-12-11-57-10-9-56/h5-8,51-53,56H,9-50H2,1-4H3. The van der Waals surface area contributed by atoms with Gasteiger partial charge in [-0.25, -0.2) is 0 Å². The number of rotatable bonds is 65. The van der Waals surface area contributed by atoms with E-state index in [1.165, 1.54) is 18.4 Å². The lowest BCUT2D eigenvalue weighted by Crippen LogP contribution is -2.16. The molecule has 0 heterocycles. The van der Waals surface area contributed by atoms with Crippen LogP contribution in [0.5, 0.6) is 5.75 Å². The van der Waals surface area contributed by atoms with E-state index in [-0.39, 0.29) is 6.61 Å². The molecule has 0 bridgehead atoms. The first-order valence-corrected chi connectivity index (χ1v) is 27.8. The molecule has 1 N–H and O–H groups in total. The summed E-state index contributed by atoms with van der Waals surface area (Å²) in [5, 5.41) is 8.61. The van der Waals surface area contributed by atoms with Crippen LogP contribution in [-0.4, -0.2) is 269 Å². The van der Waals surface area contributed by atoms with Crippen molar-refractivity contribution in [2.24, 2.45) is 11.8 Å². The van der Waals surface area contributed by atoms with E-state index in [1.807, 2.05) is 0 Å². The number of ether oxygens (including phenoxy) is 20. The zero-order valence-electron chi connectivity index (χ0n) is 47.4. The van der Waals surface area contributed by atoms with Gasteiger partial charge >= 0.3 is 0 Å². The smallest absolute Gasteiger partial charge is 0.119 e. The highest BCUT2D eigenvalue weighted by atomic mass is 16.6. The van der Waals surface area contributed by atoms with Crippen molar-refractivity contribution >= 4 is 0 Å². The summed E-state index contributed by atoms with van der Waals surface area (Å²) in [6.07, 6.45) is 2.48. The summed E-state index contributed by atoms with van der Waals surface area (Å²) >= 11 is 0. The molecule has 1 aromatic rings. The maximum atomic E-state index is 8.61. The molecule has 0 fully saturated rings. The molecule has 0 saturated heterocycles. The zero-order chi connectivity index (χ0) is 54.6. The van der Waals surface area contributed by atoms with Gasteiger partial charge < -0.3 is 99.8 Å². The Morgan fingerprint density at radius 2 is 0.461 bits per heavy atom. The molecule has 0 aromatic heterocycles. The maximum absolute atomic E-state index is 8.61. The van der Waals surface area contributed by atoms with Crippen LogP contribution in [0.15, 0.2) is 24.3 Å². The molecule has 21 heteroatoms. The topological polar surface area (TPSA) is 205 Å². The summed E-state index contributed by atoms with van der Waals surface area (Å²) in [6, 6.07) is 8.47. The number of hydrogen-bond donors (Lipinski definition) is 1. The van der Waals surface area contributed by atoms with Gasteiger partial charge in [-0.2, -0.15) is 0 Å². The number of benzene rings is 1. The average molecular weight is 1100 g/mol. The molecule has 1 rings (SSSR count). The quantitative estimate of drug-likeness (QED) is 0.0889. The zero-order valence-corrected chi connectivity index (χ0v) is 47.4. The van der Waals surface area contributed by atoms with E-state index >= 15 is 0 Å². The van der Waals surface area contributed by atoms with Crippen LogP contribution >= 0.6 is 0 Å². The summed E-state index contributed by atoms with van der Waals surface area (Å²) in [5.74, 6) is 2.89. The lowest BCUT2D eigenvalue weighted by molar-refractivity contribution is -0.0313. The highest BCUT2D eigenvalue weighted by Crippen LogP contribution is 2.28. The molecule has 0 spiro atoms. The SMILES string of the molecule is CC(C)CC(C)CC(C)c1ccc(OCCOCCOCCOCCOCCOCCOCCOCCOCCOCCOCCOCCOCCOCCOCCOCCOCCOCCOCCOCCO)cc1. The average Bonchev–Trinajstić information content (AvgIpc) is 3.41. The summed E-state index contributed by atoms with van der Waals surface area (Å²) in [4.78, 5) is 0. The minimum Gasteiger partial charge on any atom is -0.491 e. The van der Waals surface area contributed by atoms with Crippen molar-refractivity contribution in [3.63, 3.8) is 0 Å². The van der Waals surface area contributed by atoms with Gasteiger partial charge in [0.05, 0.1) is 258 Å². The Kier molecular flexibility index (Phi) is 57.8. The van der Waals surface area contributed by atoms with Gasteiger partial charge in [-0.3, -0.25) is 0 Å². The molecule has 1 aromatic carbocycles. The Morgan fingerprint density at radius 1 is 0.263 bits per heavy atom. The normalized spacial score (nSPS) is 12.6. The van der Waals surface area contributed by atoms with Gasteiger partial charge in [0, 0.05) is 0 Å². The van der Waals surface area contributed by atoms with Crippen molar-refractivity contribution in [1.29, 1.82) is 0 Å². The highest BCUT2D eigenvalue weighted by molar-refractivity contribution is 5.29. The largest absolute Gasteiger partial charge is 0.491 e. The first-order chi connectivity index (χ1) is 37.5. The first kappa shape index (κ1) is 72.2. The third-order valence-corrected chi connectivity index (χ3v) is 10.5. The van der Waals surface area contributed by atoms with Crippen molar-refractivity contribution in [3.05, 3.63) is 29.8 Å². The Morgan fingerprint density at radius 3 is 0.658 bits per heavy atom. The van der Waals surface area contributed by atoms with E-state index in [0.717, 1.165) is 17.6 Å². The van der Waals surface area contributed by atoms with Gasteiger partial charge in [0.1, 0.15) is 12.4 Å². The fourth-order valence-corrected chi connectivity index (χ4v) is 6.88. The summed E-state index contributed by atoms with van der Waals surface area (Å²) < 4.78 is 110. The molecule has 0 aliphatic carbocycles. The summed E-state index contributed by atoms with van der Waals surface area (Å²) in [5.41, 5.74) is 1.36. The molecule has 76 heavy (non-hydrogen) atoms. The van der Waals surface area contributed by atoms with Gasteiger partial charge in [-0.15, -0.1) is 0 Å². The predicted octanol–water partition coefficient (Wildman–Crippen LogP) is 4.55. The van der Waals surface area contributed by atoms with Gasteiger partial charge in [0.2, 0.25) is 0 Å². The van der Waals surface area contributed by atoms with Crippen LogP contribution in [-0.2, 0) is 90.0 Å². The Bertz CT molecular complexity index is 1240. The van der Waals surface area contributed by atoms with Crippen LogP contribution in [0.3, 0.4) is 0 Å². The first-order valence-electron chi connectivity index (χ1n) is 27.8. The summed E-state index contributed by atoms with van der Waals surface area (Å²) in [7, 11) is 0. The molecule has 2 unspecified atom stereocenters. The third kappa shape index (κ3) is 55.5. The number of aliphatic hydroxyl groups is 1. The van der Waals surface area contributed by atoms with Crippen LogP contribution in [0.4, 0.5) is 0 Å². The molecule has 0 radical (unpaired) electrons. The van der Waals surface area contributed by atoms with Gasteiger partial charge in [-0.05, 0) is 48.3 Å². The second-order valence-corrected chi connectivity index (χ2v) is 17.6. The Balaban J connectivity index is 1.64. The molecule has 450 valence electrons. The molecule has 0 saturated carbocycles. The van der Waals surface area contributed by atoms with Crippen LogP contribution in [0.2, 0.25) is 0 Å². The van der Waals surface area contributed by atoms with E-state index in [0.29, 0.717) is 264 Å². The number of hydrogen-bond acceptors (Lipinski definition) is 21. The minimum atomic E-state index is 0.0194. The van der Waals surface area contributed by atoms with Gasteiger partial charge in [0.25, 0.3) is 0 Å². The van der Waals surface area contributed by atoms with E-state index < -0.39 is 0 Å². The minimum absolute atomic E-state index is 0.0194. The van der Waals surface area contributed by atoms with Crippen LogP contribution in [0, 0.1) is 11.8 Å². The van der Waals surface area contributed by atoms with Gasteiger partial charge in [0.15, 0.2) is 0 Å². The molecule has 0 aliphatic rings. The molecular weight excluding hydrogens is 997 g/mol. The van der Waals surface area contributed by atoms with Crippen LogP contribution in [0.25, 0.3) is 0 Å². The van der Waals surface area contributed by atoms with E-state index in [4.69, 9.17) is 99.8 Å². The highest BCUT2D eigenvalue weighted by Gasteiger charge is 2.12. The fourth-order valence-electron chi connectivity index (χ4n) is 6.88. The van der Waals surface area contributed by atoms with Crippen molar-refractivity contribution in [2.75, 3.05) is 264 Å².